The molecule has 1 N–H and O–H groups in total. The van der Waals surface area contributed by atoms with Gasteiger partial charge in [0.05, 0.1) is 18.2 Å². The van der Waals surface area contributed by atoms with Crippen molar-refractivity contribution in [1.29, 1.82) is 0 Å². The van der Waals surface area contributed by atoms with Gasteiger partial charge < -0.3 is 9.84 Å². The van der Waals surface area contributed by atoms with E-state index >= 15 is 0 Å². The van der Waals surface area contributed by atoms with Crippen molar-refractivity contribution in [3.05, 3.63) is 46.5 Å². The third kappa shape index (κ3) is 1.84. The average molecular weight is 273 g/mol. The van der Waals surface area contributed by atoms with Gasteiger partial charge in [-0.05, 0) is 26.0 Å². The Hall–Kier alpha value is -2.37. The predicted molar refractivity (Wildman–Crippen MR) is 74.4 cm³/mol. The number of hydrogen-bond donors (Lipinski definition) is 1. The second-order valence-electron chi connectivity index (χ2n) is 5.25. The lowest BCUT2D eigenvalue weighted by Crippen LogP contribution is -2.40. The van der Waals surface area contributed by atoms with E-state index in [0.29, 0.717) is 18.0 Å². The van der Waals surface area contributed by atoms with E-state index in [0.717, 1.165) is 0 Å². The zero-order valence-corrected chi connectivity index (χ0v) is 11.3. The summed E-state index contributed by atoms with van der Waals surface area (Å²) in [5.41, 5.74) is -0.832. The zero-order chi connectivity index (χ0) is 14.3. The van der Waals surface area contributed by atoms with Crippen LogP contribution in [-0.4, -0.2) is 33.0 Å². The van der Waals surface area contributed by atoms with E-state index in [1.165, 1.54) is 10.8 Å². The first-order valence-corrected chi connectivity index (χ1v) is 6.37. The number of hydrogen-bond acceptors (Lipinski definition) is 5. The van der Waals surface area contributed by atoms with Gasteiger partial charge in [-0.3, -0.25) is 9.56 Å². The van der Waals surface area contributed by atoms with E-state index in [1.54, 1.807) is 38.4 Å². The van der Waals surface area contributed by atoms with Crippen molar-refractivity contribution in [1.82, 2.24) is 9.55 Å². The quantitative estimate of drug-likeness (QED) is 0.838. The molecule has 1 aromatic rings. The van der Waals surface area contributed by atoms with Crippen molar-refractivity contribution in [2.24, 2.45) is 10.9 Å². The molecule has 0 saturated carbocycles. The third-order valence-corrected chi connectivity index (χ3v) is 3.46. The van der Waals surface area contributed by atoms with Gasteiger partial charge in [-0.2, -0.15) is 0 Å². The molecule has 0 saturated heterocycles. The fourth-order valence-corrected chi connectivity index (χ4v) is 2.46. The summed E-state index contributed by atoms with van der Waals surface area (Å²) in [5, 5.41) is 10.5. The molecule has 6 nitrogen and oxygen atoms in total. The van der Waals surface area contributed by atoms with Gasteiger partial charge in [0.2, 0.25) is 0 Å². The SMILES string of the molecule is CC1(C)OC2=CC=NCC2C(n2cccnc2=O)=C1O. The zero-order valence-electron chi connectivity index (χ0n) is 11.3. The van der Waals surface area contributed by atoms with Crippen LogP contribution in [0.15, 0.2) is 45.8 Å². The molecular formula is C14H15N3O3. The van der Waals surface area contributed by atoms with E-state index in [2.05, 4.69) is 9.98 Å². The fourth-order valence-electron chi connectivity index (χ4n) is 2.46. The van der Waals surface area contributed by atoms with Crippen LogP contribution in [0, 0.1) is 5.92 Å². The normalized spacial score (nSPS) is 23.9. The van der Waals surface area contributed by atoms with E-state index in [9.17, 15) is 9.90 Å². The molecule has 0 radical (unpaired) electrons. The molecule has 3 rings (SSSR count). The van der Waals surface area contributed by atoms with Crippen LogP contribution in [0.2, 0.25) is 0 Å². The summed E-state index contributed by atoms with van der Waals surface area (Å²) in [6, 6.07) is 1.65. The molecule has 0 spiro atoms. The molecule has 0 aliphatic carbocycles. The molecule has 0 fully saturated rings. The Morgan fingerprint density at radius 1 is 1.50 bits per heavy atom. The third-order valence-electron chi connectivity index (χ3n) is 3.46. The molecule has 0 bridgehead atoms. The summed E-state index contributed by atoms with van der Waals surface area (Å²) in [7, 11) is 0. The number of aliphatic hydroxyl groups excluding tert-OH is 1. The standard InChI is InChI=1S/C14H15N3O3/c1-14(2)12(18)11(17-7-3-5-16-13(17)19)9-8-15-6-4-10(9)20-14/h3-7,9,18H,8H2,1-2H3. The molecule has 1 atom stereocenters. The maximum absolute atomic E-state index is 12.0. The lowest BCUT2D eigenvalue weighted by atomic mass is 9.90. The fraction of sp³-hybridized carbons (Fsp3) is 0.357. The van der Waals surface area contributed by atoms with Gasteiger partial charge in [0.15, 0.2) is 11.4 Å². The molecule has 0 amide bonds. The van der Waals surface area contributed by atoms with E-state index in [1.807, 2.05) is 0 Å². The van der Waals surface area contributed by atoms with Gasteiger partial charge >= 0.3 is 5.69 Å². The van der Waals surface area contributed by atoms with Crippen LogP contribution in [-0.2, 0) is 4.74 Å². The number of allylic oxidation sites excluding steroid dienone is 1. The number of dihydropyridines is 1. The predicted octanol–water partition coefficient (Wildman–Crippen LogP) is 1.36. The summed E-state index contributed by atoms with van der Waals surface area (Å²) in [5.74, 6) is 0.468. The Morgan fingerprint density at radius 3 is 3.05 bits per heavy atom. The van der Waals surface area contributed by atoms with Crippen molar-refractivity contribution in [3.8, 4) is 0 Å². The van der Waals surface area contributed by atoms with Crippen molar-refractivity contribution < 1.29 is 9.84 Å². The summed E-state index contributed by atoms with van der Waals surface area (Å²) in [6.45, 7) is 3.95. The number of nitrogens with zero attached hydrogens (tertiary/aromatic N) is 3. The highest BCUT2D eigenvalue weighted by atomic mass is 16.5. The summed E-state index contributed by atoms with van der Waals surface area (Å²) in [6.07, 6.45) is 6.46. The van der Waals surface area contributed by atoms with Gasteiger partial charge in [-0.15, -0.1) is 0 Å². The highest BCUT2D eigenvalue weighted by Crippen LogP contribution is 2.40. The van der Waals surface area contributed by atoms with Crippen molar-refractivity contribution in [2.75, 3.05) is 6.54 Å². The molecule has 1 aromatic heterocycles. The molecule has 6 heteroatoms. The Bertz CT molecular complexity index is 698. The molecule has 2 aliphatic heterocycles. The number of aliphatic hydroxyl groups is 1. The number of fused-ring (bicyclic) bond motifs is 1. The Kier molecular flexibility index (Phi) is 2.74. The van der Waals surface area contributed by atoms with Gasteiger partial charge in [0, 0.05) is 18.6 Å². The van der Waals surface area contributed by atoms with Gasteiger partial charge in [-0.1, -0.05) is 0 Å². The van der Waals surface area contributed by atoms with Crippen LogP contribution >= 0.6 is 0 Å². The first kappa shape index (κ1) is 12.7. The largest absolute Gasteiger partial charge is 0.506 e. The van der Waals surface area contributed by atoms with Crippen LogP contribution in [0.25, 0.3) is 5.70 Å². The lowest BCUT2D eigenvalue weighted by Gasteiger charge is -2.39. The second kappa shape index (κ2) is 4.33. The number of ether oxygens (including phenoxy) is 1. The molecular weight excluding hydrogens is 258 g/mol. The highest BCUT2D eigenvalue weighted by Gasteiger charge is 2.41. The van der Waals surface area contributed by atoms with Crippen LogP contribution in [0.4, 0.5) is 0 Å². The Labute approximate surface area is 115 Å². The molecule has 3 heterocycles. The smallest absolute Gasteiger partial charge is 0.351 e. The monoisotopic (exact) mass is 273 g/mol. The van der Waals surface area contributed by atoms with E-state index < -0.39 is 11.3 Å². The summed E-state index contributed by atoms with van der Waals surface area (Å²) >= 11 is 0. The molecule has 0 aromatic carbocycles. The van der Waals surface area contributed by atoms with Crippen LogP contribution < -0.4 is 5.69 Å². The number of aliphatic imine (C=N–C) groups is 1. The summed E-state index contributed by atoms with van der Waals surface area (Å²) in [4.78, 5) is 19.9. The number of rotatable bonds is 1. The number of aromatic nitrogens is 2. The summed E-state index contributed by atoms with van der Waals surface area (Å²) < 4.78 is 7.17. The second-order valence-corrected chi connectivity index (χ2v) is 5.25. The molecule has 104 valence electrons. The van der Waals surface area contributed by atoms with Crippen LogP contribution in [0.1, 0.15) is 13.8 Å². The van der Waals surface area contributed by atoms with Crippen molar-refractivity contribution >= 4 is 11.9 Å². The first-order chi connectivity index (χ1) is 9.50. The average Bonchev–Trinajstić information content (AvgIpc) is 2.41. The lowest BCUT2D eigenvalue weighted by molar-refractivity contribution is 0.00841. The topological polar surface area (TPSA) is 76.7 Å². The molecule has 2 aliphatic rings. The maximum Gasteiger partial charge on any atom is 0.351 e. The van der Waals surface area contributed by atoms with E-state index in [4.69, 9.17) is 4.74 Å². The Balaban J connectivity index is 2.24. The minimum atomic E-state index is -0.891. The van der Waals surface area contributed by atoms with Crippen molar-refractivity contribution in [2.45, 2.75) is 19.4 Å². The first-order valence-electron chi connectivity index (χ1n) is 6.37. The van der Waals surface area contributed by atoms with Gasteiger partial charge in [0.1, 0.15) is 5.76 Å². The minimum Gasteiger partial charge on any atom is -0.506 e. The molecule has 1 unspecified atom stereocenters. The Morgan fingerprint density at radius 2 is 2.30 bits per heavy atom. The van der Waals surface area contributed by atoms with Gasteiger partial charge in [0.25, 0.3) is 0 Å². The van der Waals surface area contributed by atoms with Crippen LogP contribution in [0.5, 0.6) is 0 Å². The highest BCUT2D eigenvalue weighted by molar-refractivity contribution is 5.75. The van der Waals surface area contributed by atoms with Crippen molar-refractivity contribution in [3.63, 3.8) is 0 Å². The van der Waals surface area contributed by atoms with E-state index in [-0.39, 0.29) is 11.7 Å². The minimum absolute atomic E-state index is 0.0341. The van der Waals surface area contributed by atoms with Crippen LogP contribution in [0.3, 0.4) is 0 Å². The maximum atomic E-state index is 12.0. The molecule has 20 heavy (non-hydrogen) atoms. The van der Waals surface area contributed by atoms with Gasteiger partial charge in [-0.25, -0.2) is 9.78 Å².